The van der Waals surface area contributed by atoms with Crippen LogP contribution in [0.25, 0.3) is 0 Å². The number of fused-ring (bicyclic) bond motifs is 3. The second-order valence-electron chi connectivity index (χ2n) is 4.00. The van der Waals surface area contributed by atoms with E-state index in [1.165, 1.54) is 0 Å². The van der Waals surface area contributed by atoms with E-state index in [0.717, 1.165) is 47.1 Å². The molecule has 0 amide bonds. The Bertz CT molecular complexity index is 527. The molecule has 2 aliphatic heterocycles. The molecule has 3 rings (SSSR count). The Morgan fingerprint density at radius 2 is 2.47 bits per heavy atom. The molecule has 1 N–H and O–H groups in total. The molecule has 0 radical (unpaired) electrons. The molecule has 3 heterocycles. The molecule has 0 saturated carbocycles. The predicted molar refractivity (Wildman–Crippen MR) is 74.0 cm³/mol. The van der Waals surface area contributed by atoms with Crippen LogP contribution in [0, 0.1) is 11.3 Å². The molecule has 2 aliphatic rings. The quantitative estimate of drug-likeness (QED) is 0.705. The fraction of sp³-hybridized carbons (Fsp3) is 0.455. The lowest BCUT2D eigenvalue weighted by molar-refractivity contribution is 0.690. The number of nitrogens with zero attached hydrogens (tertiary/aromatic N) is 3. The van der Waals surface area contributed by atoms with Crippen LogP contribution in [-0.4, -0.2) is 22.4 Å². The fourth-order valence-corrected chi connectivity index (χ4v) is 3.60. The van der Waals surface area contributed by atoms with Crippen LogP contribution < -0.4 is 5.32 Å². The number of nitrogens with one attached hydrogen (secondary N) is 1. The highest BCUT2D eigenvalue weighted by molar-refractivity contribution is 7.99. The van der Waals surface area contributed by atoms with Crippen molar-refractivity contribution in [2.75, 3.05) is 16.8 Å². The van der Waals surface area contributed by atoms with Crippen LogP contribution >= 0.6 is 24.4 Å². The van der Waals surface area contributed by atoms with Gasteiger partial charge in [-0.1, -0.05) is 0 Å². The summed E-state index contributed by atoms with van der Waals surface area (Å²) in [6.45, 7) is 0.943. The van der Waals surface area contributed by atoms with Crippen LogP contribution in [0.4, 0.5) is 5.69 Å². The van der Waals surface area contributed by atoms with E-state index in [0.29, 0.717) is 0 Å². The molecule has 0 aromatic carbocycles. The molecule has 1 aromatic heterocycles. The topological polar surface area (TPSA) is 53.1 Å². The molecule has 0 aliphatic carbocycles. The van der Waals surface area contributed by atoms with Gasteiger partial charge >= 0.3 is 0 Å². The van der Waals surface area contributed by atoms with Gasteiger partial charge in [-0.05, 0) is 12.2 Å². The number of aliphatic imine (C=N–C) groups is 1. The van der Waals surface area contributed by atoms with E-state index in [2.05, 4.69) is 33.6 Å². The van der Waals surface area contributed by atoms with Gasteiger partial charge in [0.25, 0.3) is 0 Å². The summed E-state index contributed by atoms with van der Waals surface area (Å²) in [7, 11) is 0. The number of rotatable bonds is 0. The van der Waals surface area contributed by atoms with E-state index in [-0.39, 0.29) is 5.37 Å². The third-order valence-electron chi connectivity index (χ3n) is 3.13. The van der Waals surface area contributed by atoms with Crippen LogP contribution in [0.3, 0.4) is 0 Å². The Balaban J connectivity index is 2.23. The van der Waals surface area contributed by atoms with Crippen molar-refractivity contribution in [2.45, 2.75) is 18.3 Å². The first kappa shape index (κ1) is 11.1. The number of thiol groups is 1. The van der Waals surface area contributed by atoms with Crippen LogP contribution in [0.2, 0.25) is 0 Å². The van der Waals surface area contributed by atoms with E-state index in [9.17, 15) is 5.26 Å². The minimum Gasteiger partial charge on any atom is -0.344 e. The van der Waals surface area contributed by atoms with Crippen LogP contribution in [0.5, 0.6) is 0 Å². The molecular formula is C11H12N4S2. The zero-order valence-corrected chi connectivity index (χ0v) is 10.9. The zero-order chi connectivity index (χ0) is 11.8. The van der Waals surface area contributed by atoms with Gasteiger partial charge in [0.15, 0.2) is 0 Å². The molecule has 0 saturated heterocycles. The monoisotopic (exact) mass is 264 g/mol. The van der Waals surface area contributed by atoms with E-state index in [1.807, 2.05) is 11.8 Å². The van der Waals surface area contributed by atoms with Gasteiger partial charge in [0.1, 0.15) is 11.4 Å². The molecule has 0 spiro atoms. The van der Waals surface area contributed by atoms with Gasteiger partial charge in [0, 0.05) is 18.0 Å². The number of anilines is 1. The minimum absolute atomic E-state index is 0.157. The summed E-state index contributed by atoms with van der Waals surface area (Å²) < 4.78 is 2.23. The maximum atomic E-state index is 9.34. The molecule has 1 aromatic rings. The van der Waals surface area contributed by atoms with E-state index >= 15 is 0 Å². The van der Waals surface area contributed by atoms with Gasteiger partial charge in [-0.15, -0.1) is 12.6 Å². The first-order chi connectivity index (χ1) is 8.33. The van der Waals surface area contributed by atoms with Crippen molar-refractivity contribution in [3.63, 3.8) is 0 Å². The summed E-state index contributed by atoms with van der Waals surface area (Å²) in [6, 6.07) is 2.32. The highest BCUT2D eigenvalue weighted by Gasteiger charge is 2.28. The van der Waals surface area contributed by atoms with E-state index in [4.69, 9.17) is 0 Å². The van der Waals surface area contributed by atoms with Gasteiger partial charge in [-0.2, -0.15) is 17.0 Å². The predicted octanol–water partition coefficient (Wildman–Crippen LogP) is 2.03. The normalized spacial score (nSPS) is 22.0. The molecule has 6 heteroatoms. The van der Waals surface area contributed by atoms with Crippen molar-refractivity contribution in [1.29, 1.82) is 5.26 Å². The summed E-state index contributed by atoms with van der Waals surface area (Å²) in [5.41, 5.74) is 3.86. The van der Waals surface area contributed by atoms with Crippen molar-refractivity contribution >= 4 is 36.4 Å². The summed E-state index contributed by atoms with van der Waals surface area (Å²) >= 11 is 6.42. The van der Waals surface area contributed by atoms with Crippen LogP contribution in [-0.2, 0) is 13.0 Å². The second kappa shape index (κ2) is 4.31. The lowest BCUT2D eigenvalue weighted by Crippen LogP contribution is -2.12. The summed E-state index contributed by atoms with van der Waals surface area (Å²) in [5.74, 6) is 2.17. The van der Waals surface area contributed by atoms with E-state index < -0.39 is 0 Å². The Kier molecular flexibility index (Phi) is 2.81. The molecule has 0 fully saturated rings. The smallest absolute Gasteiger partial charge is 0.136 e. The van der Waals surface area contributed by atoms with Crippen molar-refractivity contribution in [3.8, 4) is 6.07 Å². The van der Waals surface area contributed by atoms with Gasteiger partial charge < -0.3 is 9.88 Å². The summed E-state index contributed by atoms with van der Waals surface area (Å²) in [6.07, 6.45) is 2.58. The number of thioether (sulfide) groups is 1. The first-order valence-electron chi connectivity index (χ1n) is 5.52. The SMILES string of the molecule is N#Cc1c2c(n3c1CCSCC3)C(S)N=CN2. The fourth-order valence-electron chi connectivity index (χ4n) is 2.41. The third kappa shape index (κ3) is 1.65. The minimum atomic E-state index is -0.157. The van der Waals surface area contributed by atoms with Crippen molar-refractivity contribution in [1.82, 2.24) is 4.57 Å². The Hall–Kier alpha value is -1.06. The lowest BCUT2D eigenvalue weighted by Gasteiger charge is -2.17. The van der Waals surface area contributed by atoms with Crippen molar-refractivity contribution in [2.24, 2.45) is 4.99 Å². The molecule has 4 nitrogen and oxygen atoms in total. The Morgan fingerprint density at radius 3 is 3.29 bits per heavy atom. The molecule has 1 atom stereocenters. The van der Waals surface area contributed by atoms with Gasteiger partial charge in [-0.3, -0.25) is 4.99 Å². The number of nitriles is 1. The Labute approximate surface area is 110 Å². The van der Waals surface area contributed by atoms with Crippen molar-refractivity contribution < 1.29 is 0 Å². The third-order valence-corrected chi connectivity index (χ3v) is 4.48. The average Bonchev–Trinajstić information content (AvgIpc) is 2.49. The molecule has 88 valence electrons. The lowest BCUT2D eigenvalue weighted by atomic mass is 10.2. The largest absolute Gasteiger partial charge is 0.344 e. The molecular weight excluding hydrogens is 252 g/mol. The van der Waals surface area contributed by atoms with Gasteiger partial charge in [0.05, 0.1) is 23.3 Å². The number of aromatic nitrogens is 1. The molecule has 17 heavy (non-hydrogen) atoms. The highest BCUT2D eigenvalue weighted by Crippen LogP contribution is 2.39. The standard InChI is InChI=1S/C11H12N4S2/c12-5-7-8-1-3-17-4-2-15(8)10-9(7)13-6-14-11(10)16/h6,11,16H,1-4H2,(H,13,14). The Morgan fingerprint density at radius 1 is 1.59 bits per heavy atom. The first-order valence-corrected chi connectivity index (χ1v) is 7.19. The molecule has 0 bridgehead atoms. The van der Waals surface area contributed by atoms with E-state index in [1.54, 1.807) is 6.34 Å². The summed E-state index contributed by atoms with van der Waals surface area (Å²) in [5, 5.41) is 12.3. The molecule has 1 unspecified atom stereocenters. The average molecular weight is 264 g/mol. The highest BCUT2D eigenvalue weighted by atomic mass is 32.2. The maximum absolute atomic E-state index is 9.34. The van der Waals surface area contributed by atoms with Gasteiger partial charge in [-0.25, -0.2) is 0 Å². The summed E-state index contributed by atoms with van der Waals surface area (Å²) in [4.78, 5) is 4.25. The van der Waals surface area contributed by atoms with Crippen LogP contribution in [0.1, 0.15) is 22.3 Å². The maximum Gasteiger partial charge on any atom is 0.136 e. The van der Waals surface area contributed by atoms with Gasteiger partial charge in [0.2, 0.25) is 0 Å². The second-order valence-corrected chi connectivity index (χ2v) is 5.72. The number of hydrogen-bond donors (Lipinski definition) is 2. The van der Waals surface area contributed by atoms with Crippen LogP contribution in [0.15, 0.2) is 4.99 Å². The number of hydrogen-bond acceptors (Lipinski definition) is 5. The zero-order valence-electron chi connectivity index (χ0n) is 9.18. The van der Waals surface area contributed by atoms with Crippen molar-refractivity contribution in [3.05, 3.63) is 17.0 Å².